The first-order valence-corrected chi connectivity index (χ1v) is 5.62. The second-order valence-corrected chi connectivity index (χ2v) is 3.79. The van der Waals surface area contributed by atoms with Crippen LogP contribution < -0.4 is 5.32 Å². The monoisotopic (exact) mass is 251 g/mol. The summed E-state index contributed by atoms with van der Waals surface area (Å²) in [5, 5.41) is 2.74. The van der Waals surface area contributed by atoms with Gasteiger partial charge in [-0.1, -0.05) is 30.3 Å². The van der Waals surface area contributed by atoms with E-state index in [1.165, 1.54) is 7.11 Å². The lowest BCUT2D eigenvalue weighted by Crippen LogP contribution is -2.31. The predicted molar refractivity (Wildman–Crippen MR) is 65.8 cm³/mol. The number of carbonyl (C=O) groups excluding carboxylic acids is 2. The summed E-state index contributed by atoms with van der Waals surface area (Å²) in [5.74, 6) is -0.893. The maximum Gasteiger partial charge on any atom is 0.332 e. The average molecular weight is 251 g/mol. The van der Waals surface area contributed by atoms with E-state index in [0.29, 0.717) is 0 Å². The van der Waals surface area contributed by atoms with Gasteiger partial charge in [0.05, 0.1) is 6.04 Å². The van der Waals surface area contributed by atoms with Crippen LogP contribution in [0.3, 0.4) is 0 Å². The van der Waals surface area contributed by atoms with Crippen molar-refractivity contribution in [2.24, 2.45) is 0 Å². The smallest absolute Gasteiger partial charge is 0.332 e. The van der Waals surface area contributed by atoms with Gasteiger partial charge in [-0.25, -0.2) is 4.79 Å². The van der Waals surface area contributed by atoms with Gasteiger partial charge in [-0.05, 0) is 12.5 Å². The van der Waals surface area contributed by atoms with Crippen LogP contribution in [0.5, 0.6) is 0 Å². The Morgan fingerprint density at radius 3 is 2.50 bits per heavy atom. The SMILES string of the molecule is COCC(=O)OCC(=O)N[C@@H](C)c1ccccc1. The molecule has 5 heteroatoms. The van der Waals surface area contributed by atoms with Gasteiger partial charge in [0.1, 0.15) is 6.61 Å². The van der Waals surface area contributed by atoms with Gasteiger partial charge in [-0.3, -0.25) is 4.79 Å². The predicted octanol–water partition coefficient (Wildman–Crippen LogP) is 1.05. The Kier molecular flexibility index (Phi) is 5.87. The summed E-state index contributed by atoms with van der Waals surface area (Å²) in [6.07, 6.45) is 0. The van der Waals surface area contributed by atoms with Crippen molar-refractivity contribution in [2.45, 2.75) is 13.0 Å². The fraction of sp³-hybridized carbons (Fsp3) is 0.385. The van der Waals surface area contributed by atoms with Crippen molar-refractivity contribution >= 4 is 11.9 Å². The topological polar surface area (TPSA) is 64.6 Å². The van der Waals surface area contributed by atoms with Gasteiger partial charge >= 0.3 is 5.97 Å². The normalized spacial score (nSPS) is 11.7. The molecule has 5 nitrogen and oxygen atoms in total. The molecule has 1 aromatic rings. The molecule has 0 radical (unpaired) electrons. The summed E-state index contributed by atoms with van der Waals surface area (Å²) in [6, 6.07) is 9.42. The van der Waals surface area contributed by atoms with Crippen molar-refractivity contribution < 1.29 is 19.1 Å². The largest absolute Gasteiger partial charge is 0.454 e. The third-order valence-corrected chi connectivity index (χ3v) is 2.30. The van der Waals surface area contributed by atoms with E-state index in [9.17, 15) is 9.59 Å². The third-order valence-electron chi connectivity index (χ3n) is 2.30. The van der Waals surface area contributed by atoms with E-state index in [2.05, 4.69) is 10.1 Å². The quantitative estimate of drug-likeness (QED) is 0.768. The van der Waals surface area contributed by atoms with Gasteiger partial charge in [0.2, 0.25) is 0 Å². The number of amides is 1. The van der Waals surface area contributed by atoms with Crippen molar-refractivity contribution in [1.29, 1.82) is 0 Å². The van der Waals surface area contributed by atoms with Crippen LogP contribution in [0.1, 0.15) is 18.5 Å². The van der Waals surface area contributed by atoms with E-state index in [1.54, 1.807) is 0 Å². The molecule has 0 bridgehead atoms. The lowest BCUT2D eigenvalue weighted by atomic mass is 10.1. The molecule has 98 valence electrons. The number of nitrogens with one attached hydrogen (secondary N) is 1. The Morgan fingerprint density at radius 1 is 1.22 bits per heavy atom. The zero-order valence-electron chi connectivity index (χ0n) is 10.5. The number of benzene rings is 1. The third kappa shape index (κ3) is 4.97. The number of carbonyl (C=O) groups is 2. The average Bonchev–Trinajstić information content (AvgIpc) is 2.38. The van der Waals surface area contributed by atoms with E-state index >= 15 is 0 Å². The molecule has 0 aliphatic carbocycles. The Morgan fingerprint density at radius 2 is 1.89 bits per heavy atom. The summed E-state index contributed by atoms with van der Waals surface area (Å²) in [4.78, 5) is 22.5. The van der Waals surface area contributed by atoms with E-state index < -0.39 is 5.97 Å². The van der Waals surface area contributed by atoms with E-state index in [4.69, 9.17) is 4.74 Å². The van der Waals surface area contributed by atoms with Gasteiger partial charge in [-0.2, -0.15) is 0 Å². The second-order valence-electron chi connectivity index (χ2n) is 3.79. The molecule has 0 fully saturated rings. The molecular weight excluding hydrogens is 234 g/mol. The van der Waals surface area contributed by atoms with E-state index in [0.717, 1.165) is 5.56 Å². The van der Waals surface area contributed by atoms with E-state index in [-0.39, 0.29) is 25.2 Å². The molecule has 0 unspecified atom stereocenters. The summed E-state index contributed by atoms with van der Waals surface area (Å²) in [6.45, 7) is 1.42. The number of esters is 1. The van der Waals surface area contributed by atoms with Gasteiger partial charge in [0.15, 0.2) is 6.61 Å². The molecule has 0 saturated carbocycles. The maximum atomic E-state index is 11.5. The van der Waals surface area contributed by atoms with Crippen molar-refractivity contribution in [3.05, 3.63) is 35.9 Å². The molecule has 1 amide bonds. The molecule has 1 atom stereocenters. The molecule has 0 spiro atoms. The first kappa shape index (κ1) is 14.2. The summed E-state index contributed by atoms with van der Waals surface area (Å²) >= 11 is 0. The minimum absolute atomic E-state index is 0.125. The van der Waals surface area contributed by atoms with Gasteiger partial charge < -0.3 is 14.8 Å². The van der Waals surface area contributed by atoms with Crippen molar-refractivity contribution in [1.82, 2.24) is 5.32 Å². The van der Waals surface area contributed by atoms with E-state index in [1.807, 2.05) is 37.3 Å². The Bertz CT molecular complexity index is 391. The number of ether oxygens (including phenoxy) is 2. The highest BCUT2D eigenvalue weighted by molar-refractivity contribution is 5.81. The van der Waals surface area contributed by atoms with Crippen LogP contribution in [0.15, 0.2) is 30.3 Å². The van der Waals surface area contributed by atoms with Crippen molar-refractivity contribution in [3.8, 4) is 0 Å². The number of methoxy groups -OCH3 is 1. The fourth-order valence-corrected chi connectivity index (χ4v) is 1.41. The Balaban J connectivity index is 2.34. The van der Waals surface area contributed by atoms with Crippen LogP contribution >= 0.6 is 0 Å². The molecule has 1 N–H and O–H groups in total. The number of hydrogen-bond donors (Lipinski definition) is 1. The van der Waals surface area contributed by atoms with Crippen molar-refractivity contribution in [3.63, 3.8) is 0 Å². The number of rotatable bonds is 6. The molecule has 0 aliphatic rings. The molecule has 0 heterocycles. The molecule has 0 aliphatic heterocycles. The molecule has 1 rings (SSSR count). The Labute approximate surface area is 106 Å². The maximum absolute atomic E-state index is 11.5. The highest BCUT2D eigenvalue weighted by Gasteiger charge is 2.11. The molecule has 0 aromatic heterocycles. The zero-order valence-corrected chi connectivity index (χ0v) is 10.5. The van der Waals surface area contributed by atoms with Crippen LogP contribution in [0.2, 0.25) is 0 Å². The first-order valence-electron chi connectivity index (χ1n) is 5.62. The van der Waals surface area contributed by atoms with Crippen LogP contribution in [-0.2, 0) is 19.1 Å². The highest BCUT2D eigenvalue weighted by Crippen LogP contribution is 2.10. The van der Waals surface area contributed by atoms with Crippen LogP contribution in [0.4, 0.5) is 0 Å². The highest BCUT2D eigenvalue weighted by atomic mass is 16.6. The molecular formula is C13H17NO4. The summed E-state index contributed by atoms with van der Waals surface area (Å²) in [7, 11) is 1.39. The van der Waals surface area contributed by atoms with Crippen molar-refractivity contribution in [2.75, 3.05) is 20.3 Å². The lowest BCUT2D eigenvalue weighted by Gasteiger charge is -2.14. The van der Waals surface area contributed by atoms with Crippen LogP contribution in [0.25, 0.3) is 0 Å². The first-order chi connectivity index (χ1) is 8.63. The fourth-order valence-electron chi connectivity index (χ4n) is 1.41. The standard InChI is InChI=1S/C13H17NO4/c1-10(11-6-4-3-5-7-11)14-12(15)8-18-13(16)9-17-2/h3-7,10H,8-9H2,1-2H3,(H,14,15)/t10-/m0/s1. The summed E-state index contributed by atoms with van der Waals surface area (Å²) < 4.78 is 9.29. The number of hydrogen-bond acceptors (Lipinski definition) is 4. The van der Waals surface area contributed by atoms with Gasteiger partial charge in [0.25, 0.3) is 5.91 Å². The molecule has 18 heavy (non-hydrogen) atoms. The lowest BCUT2D eigenvalue weighted by molar-refractivity contribution is -0.152. The van der Waals surface area contributed by atoms with Crippen LogP contribution in [0, 0.1) is 0 Å². The minimum atomic E-state index is -0.556. The Hall–Kier alpha value is -1.88. The van der Waals surface area contributed by atoms with Gasteiger partial charge in [0, 0.05) is 7.11 Å². The summed E-state index contributed by atoms with van der Waals surface area (Å²) in [5.41, 5.74) is 0.995. The second kappa shape index (κ2) is 7.45. The zero-order chi connectivity index (χ0) is 13.4. The minimum Gasteiger partial charge on any atom is -0.454 e. The van der Waals surface area contributed by atoms with Crippen LogP contribution in [-0.4, -0.2) is 32.2 Å². The molecule has 1 aromatic carbocycles. The van der Waals surface area contributed by atoms with Gasteiger partial charge in [-0.15, -0.1) is 0 Å². The molecule has 0 saturated heterocycles.